The summed E-state index contributed by atoms with van der Waals surface area (Å²) in [6.45, 7) is 7.62. The van der Waals surface area contributed by atoms with Gasteiger partial charge in [0.2, 0.25) is 0 Å². The van der Waals surface area contributed by atoms with Crippen molar-refractivity contribution in [3.8, 4) is 0 Å². The van der Waals surface area contributed by atoms with Gasteiger partial charge in [0.25, 0.3) is 0 Å². The van der Waals surface area contributed by atoms with E-state index in [0.29, 0.717) is 17.0 Å². The third kappa shape index (κ3) is 9.03. The largest absolute Gasteiger partial charge is 0.465 e. The molecule has 1 aliphatic rings. The Morgan fingerprint density at radius 1 is 0.651 bits per heavy atom. The lowest BCUT2D eigenvalue weighted by Gasteiger charge is -2.48. The number of benzene rings is 2. The predicted molar refractivity (Wildman–Crippen MR) is 155 cm³/mol. The molecule has 11 heteroatoms. The average Bonchev–Trinajstić information content (AvgIpc) is 2.91. The summed E-state index contributed by atoms with van der Waals surface area (Å²) in [5.74, 6) is -5.43. The second-order valence-electron chi connectivity index (χ2n) is 10.5. The highest BCUT2D eigenvalue weighted by Crippen LogP contribution is 2.44. The third-order valence-electron chi connectivity index (χ3n) is 7.17. The van der Waals surface area contributed by atoms with E-state index in [1.165, 1.54) is 26.3 Å². The molecule has 0 spiro atoms. The van der Waals surface area contributed by atoms with Crippen LogP contribution in [-0.2, 0) is 60.5 Å². The number of rotatable bonds is 10. The van der Waals surface area contributed by atoms with Gasteiger partial charge >= 0.3 is 29.8 Å². The van der Waals surface area contributed by atoms with Crippen LogP contribution in [0.1, 0.15) is 69.7 Å². The lowest BCUT2D eigenvalue weighted by Crippen LogP contribution is -2.62. The number of ether oxygens (including phenoxy) is 5. The van der Waals surface area contributed by atoms with Crippen molar-refractivity contribution in [2.45, 2.75) is 84.7 Å². The normalized spacial score (nSPS) is 23.0. The molecule has 10 nitrogen and oxygen atoms in total. The quantitative estimate of drug-likeness (QED) is 0.278. The van der Waals surface area contributed by atoms with Gasteiger partial charge in [0.1, 0.15) is 12.7 Å². The van der Waals surface area contributed by atoms with Crippen molar-refractivity contribution in [1.82, 2.24) is 0 Å². The van der Waals surface area contributed by atoms with Crippen LogP contribution >= 0.6 is 11.6 Å². The van der Waals surface area contributed by atoms with Crippen molar-refractivity contribution in [3.63, 3.8) is 0 Å². The number of aryl methyl sites for hydroxylation is 1. The van der Waals surface area contributed by atoms with Gasteiger partial charge in [-0.15, -0.1) is 0 Å². The summed E-state index contributed by atoms with van der Waals surface area (Å²) >= 11 is 6.62. The molecule has 0 saturated heterocycles. The molecule has 2 aromatic rings. The van der Waals surface area contributed by atoms with E-state index in [0.717, 1.165) is 31.4 Å². The first-order valence-corrected chi connectivity index (χ1v) is 14.4. The Balaban J connectivity index is 2.22. The maximum Gasteiger partial charge on any atom is 0.303 e. The van der Waals surface area contributed by atoms with Crippen LogP contribution in [-0.4, -0.2) is 60.9 Å². The summed E-state index contributed by atoms with van der Waals surface area (Å²) in [5.41, 5.74) is 3.49. The van der Waals surface area contributed by atoms with Gasteiger partial charge in [0.05, 0.1) is 11.8 Å². The van der Waals surface area contributed by atoms with Crippen molar-refractivity contribution in [2.75, 3.05) is 6.61 Å². The standard InChI is InChI=1S/C32H37ClO10/c1-7-22-8-10-23(11-9-22)14-25-15-24(12-13-27(25)33)28-29(40-18(3)35)26(16-39-17(2)34)30(41-19(4)36)32(43-21(6)38)31(28)42-20(5)37/h8-13,15,26,28-32H,7,14,16H2,1-6H3/t26-,28+,29-,30+,31-,32-/m0/s1. The van der Waals surface area contributed by atoms with Crippen molar-refractivity contribution in [2.24, 2.45) is 5.92 Å². The third-order valence-corrected chi connectivity index (χ3v) is 7.54. The maximum atomic E-state index is 12.5. The molecule has 0 radical (unpaired) electrons. The zero-order valence-electron chi connectivity index (χ0n) is 25.1. The first kappa shape index (κ1) is 33.6. The molecule has 43 heavy (non-hydrogen) atoms. The van der Waals surface area contributed by atoms with Crippen LogP contribution in [0.3, 0.4) is 0 Å². The molecule has 0 aliphatic heterocycles. The van der Waals surface area contributed by atoms with Gasteiger partial charge in [-0.05, 0) is 41.2 Å². The van der Waals surface area contributed by atoms with Gasteiger partial charge in [-0.2, -0.15) is 0 Å². The molecule has 0 aromatic heterocycles. The van der Waals surface area contributed by atoms with Crippen molar-refractivity contribution in [3.05, 3.63) is 69.7 Å². The van der Waals surface area contributed by atoms with Crippen molar-refractivity contribution in [1.29, 1.82) is 0 Å². The topological polar surface area (TPSA) is 132 Å². The Labute approximate surface area is 255 Å². The molecular formula is C32H37ClO10. The molecule has 6 atom stereocenters. The Morgan fingerprint density at radius 2 is 1.16 bits per heavy atom. The zero-order valence-corrected chi connectivity index (χ0v) is 25.8. The van der Waals surface area contributed by atoms with E-state index in [1.807, 2.05) is 30.3 Å². The zero-order chi connectivity index (χ0) is 31.8. The number of carbonyl (C=O) groups excluding carboxylic acids is 5. The Hall–Kier alpha value is -3.92. The maximum absolute atomic E-state index is 12.5. The smallest absolute Gasteiger partial charge is 0.303 e. The molecular weight excluding hydrogens is 580 g/mol. The number of halogens is 1. The van der Waals surface area contributed by atoms with E-state index in [-0.39, 0.29) is 6.61 Å². The molecule has 0 unspecified atom stereocenters. The second kappa shape index (κ2) is 15.0. The lowest BCUT2D eigenvalue weighted by molar-refractivity contribution is -0.222. The summed E-state index contributed by atoms with van der Waals surface area (Å²) < 4.78 is 28.1. The highest BCUT2D eigenvalue weighted by molar-refractivity contribution is 6.31. The number of hydrogen-bond donors (Lipinski definition) is 0. The minimum atomic E-state index is -1.33. The van der Waals surface area contributed by atoms with Crippen molar-refractivity contribution < 1.29 is 47.7 Å². The van der Waals surface area contributed by atoms with Gasteiger partial charge in [-0.25, -0.2) is 0 Å². The molecule has 3 rings (SSSR count). The SMILES string of the molecule is CCc1ccc(Cc2cc([C@H]3[C@H](OC(C)=O)[C@@H](OC(C)=O)[C@H](OC(C)=O)[C@@H](COC(C)=O)[C@@H]3OC(C)=O)ccc2Cl)cc1. The minimum Gasteiger partial charge on any atom is -0.465 e. The minimum absolute atomic E-state index is 0.351. The van der Waals surface area contributed by atoms with Crippen LogP contribution in [0.2, 0.25) is 5.02 Å². The van der Waals surface area contributed by atoms with Gasteiger partial charge in [0.15, 0.2) is 18.3 Å². The fraction of sp³-hybridized carbons (Fsp3) is 0.469. The van der Waals surface area contributed by atoms with Crippen LogP contribution in [0, 0.1) is 5.92 Å². The van der Waals surface area contributed by atoms with E-state index >= 15 is 0 Å². The predicted octanol–water partition coefficient (Wildman–Crippen LogP) is 4.50. The van der Waals surface area contributed by atoms with Crippen LogP contribution in [0.4, 0.5) is 0 Å². The Bertz CT molecular complexity index is 1340. The van der Waals surface area contributed by atoms with E-state index < -0.39 is 66.1 Å². The summed E-state index contributed by atoms with van der Waals surface area (Å²) in [6, 6.07) is 13.3. The van der Waals surface area contributed by atoms with E-state index in [4.69, 9.17) is 35.3 Å². The molecule has 232 valence electrons. The van der Waals surface area contributed by atoms with Crippen molar-refractivity contribution >= 4 is 41.4 Å². The Kier molecular flexibility index (Phi) is 11.7. The number of esters is 5. The van der Waals surface area contributed by atoms with Gasteiger partial charge < -0.3 is 23.7 Å². The molecule has 1 fully saturated rings. The summed E-state index contributed by atoms with van der Waals surface area (Å²) in [7, 11) is 0. The van der Waals surface area contributed by atoms with E-state index in [1.54, 1.807) is 12.1 Å². The monoisotopic (exact) mass is 616 g/mol. The first-order valence-electron chi connectivity index (χ1n) is 14.0. The van der Waals surface area contributed by atoms with E-state index in [9.17, 15) is 24.0 Å². The molecule has 1 saturated carbocycles. The summed E-state index contributed by atoms with van der Waals surface area (Å²) in [4.78, 5) is 61.3. The van der Waals surface area contributed by atoms with Crippen LogP contribution in [0.25, 0.3) is 0 Å². The summed E-state index contributed by atoms with van der Waals surface area (Å²) in [5, 5.41) is 0.484. The van der Waals surface area contributed by atoms with Gasteiger partial charge in [-0.1, -0.05) is 54.9 Å². The molecule has 0 heterocycles. The molecule has 1 aliphatic carbocycles. The highest BCUT2D eigenvalue weighted by Gasteiger charge is 2.58. The van der Waals surface area contributed by atoms with Gasteiger partial charge in [0, 0.05) is 39.6 Å². The van der Waals surface area contributed by atoms with E-state index in [2.05, 4.69) is 6.92 Å². The fourth-order valence-corrected chi connectivity index (χ4v) is 5.65. The van der Waals surface area contributed by atoms with Gasteiger partial charge in [-0.3, -0.25) is 24.0 Å². The molecule has 0 bridgehead atoms. The molecule has 0 amide bonds. The second-order valence-corrected chi connectivity index (χ2v) is 10.9. The average molecular weight is 617 g/mol. The molecule has 2 aromatic carbocycles. The first-order chi connectivity index (χ1) is 20.3. The molecule has 0 N–H and O–H groups in total. The highest BCUT2D eigenvalue weighted by atomic mass is 35.5. The number of hydrogen-bond acceptors (Lipinski definition) is 10. The van der Waals surface area contributed by atoms with Crippen LogP contribution in [0.5, 0.6) is 0 Å². The van der Waals surface area contributed by atoms with Crippen LogP contribution in [0.15, 0.2) is 42.5 Å². The Morgan fingerprint density at radius 3 is 1.70 bits per heavy atom. The number of carbonyl (C=O) groups is 5. The summed E-state index contributed by atoms with van der Waals surface area (Å²) in [6.07, 6.45) is -3.66. The fourth-order valence-electron chi connectivity index (χ4n) is 5.46. The lowest BCUT2D eigenvalue weighted by atomic mass is 9.70. The van der Waals surface area contributed by atoms with Crippen LogP contribution < -0.4 is 0 Å².